The van der Waals surface area contributed by atoms with E-state index >= 15 is 0 Å². The summed E-state index contributed by atoms with van der Waals surface area (Å²) in [7, 11) is 0. The molecule has 10 heavy (non-hydrogen) atoms. The van der Waals surface area contributed by atoms with Crippen LogP contribution in [0.15, 0.2) is 0 Å². The lowest BCUT2D eigenvalue weighted by Crippen LogP contribution is -2.32. The van der Waals surface area contributed by atoms with Crippen molar-refractivity contribution in [1.82, 2.24) is 5.32 Å². The fourth-order valence-corrected chi connectivity index (χ4v) is 0.585. The molecule has 0 fully saturated rings. The van der Waals surface area contributed by atoms with Gasteiger partial charge in [0.25, 0.3) is 0 Å². The maximum Gasteiger partial charge on any atom is 0.0960 e. The summed E-state index contributed by atoms with van der Waals surface area (Å²) in [6, 6.07) is 0. The van der Waals surface area contributed by atoms with E-state index in [1.54, 1.807) is 0 Å². The molecule has 0 heterocycles. The van der Waals surface area contributed by atoms with Crippen LogP contribution in [0.1, 0.15) is 20.3 Å². The third-order valence-electron chi connectivity index (χ3n) is 1.56. The van der Waals surface area contributed by atoms with Crippen LogP contribution in [0.25, 0.3) is 0 Å². The Morgan fingerprint density at radius 3 is 2.70 bits per heavy atom. The zero-order valence-electron chi connectivity index (χ0n) is 6.78. The molecule has 60 valence electrons. The predicted molar refractivity (Wildman–Crippen MR) is 44.2 cm³/mol. The van der Waals surface area contributed by atoms with Gasteiger partial charge in [-0.3, -0.25) is 5.41 Å². The van der Waals surface area contributed by atoms with Crippen molar-refractivity contribution in [2.24, 2.45) is 11.7 Å². The minimum atomic E-state index is 0.339. The van der Waals surface area contributed by atoms with Crippen molar-refractivity contribution in [1.29, 1.82) is 5.41 Å². The standard InChI is InChI=1S/C7H17N3/c1-3-6(2)7(9)10-5-4-8/h6H,3-5,8H2,1-2H3,(H2,9,10). The van der Waals surface area contributed by atoms with Crippen molar-refractivity contribution in [2.45, 2.75) is 20.3 Å². The fraction of sp³-hybridized carbons (Fsp3) is 0.857. The Morgan fingerprint density at radius 1 is 1.70 bits per heavy atom. The molecule has 3 nitrogen and oxygen atoms in total. The lowest BCUT2D eigenvalue weighted by molar-refractivity contribution is 0.691. The molecule has 0 aliphatic heterocycles. The Labute approximate surface area is 62.5 Å². The van der Waals surface area contributed by atoms with Crippen LogP contribution in [0.2, 0.25) is 0 Å². The van der Waals surface area contributed by atoms with E-state index in [0.29, 0.717) is 24.8 Å². The van der Waals surface area contributed by atoms with Crippen molar-refractivity contribution in [3.8, 4) is 0 Å². The molecule has 0 aromatic rings. The van der Waals surface area contributed by atoms with Crippen LogP contribution in [0.5, 0.6) is 0 Å². The zero-order chi connectivity index (χ0) is 7.98. The first kappa shape index (κ1) is 9.43. The van der Waals surface area contributed by atoms with Crippen molar-refractivity contribution < 1.29 is 0 Å². The largest absolute Gasteiger partial charge is 0.373 e. The molecule has 0 amide bonds. The van der Waals surface area contributed by atoms with E-state index < -0.39 is 0 Å². The number of nitrogens with two attached hydrogens (primary N) is 1. The van der Waals surface area contributed by atoms with Gasteiger partial charge >= 0.3 is 0 Å². The maximum absolute atomic E-state index is 7.43. The van der Waals surface area contributed by atoms with Crippen LogP contribution in [-0.4, -0.2) is 18.9 Å². The lowest BCUT2D eigenvalue weighted by atomic mass is 10.1. The SMILES string of the molecule is CCC(C)C(=N)NCCN. The molecule has 0 saturated carbocycles. The molecule has 0 aromatic carbocycles. The minimum absolute atomic E-state index is 0.339. The summed E-state index contributed by atoms with van der Waals surface area (Å²) in [6.45, 7) is 5.41. The van der Waals surface area contributed by atoms with Gasteiger partial charge in [0.05, 0.1) is 5.84 Å². The van der Waals surface area contributed by atoms with Gasteiger partial charge in [0.1, 0.15) is 0 Å². The molecule has 0 rings (SSSR count). The Kier molecular flexibility index (Phi) is 4.94. The maximum atomic E-state index is 7.43. The first-order valence-corrected chi connectivity index (χ1v) is 3.74. The van der Waals surface area contributed by atoms with Gasteiger partial charge in [-0.15, -0.1) is 0 Å². The highest BCUT2D eigenvalue weighted by molar-refractivity contribution is 5.80. The van der Waals surface area contributed by atoms with E-state index in [2.05, 4.69) is 12.2 Å². The van der Waals surface area contributed by atoms with E-state index in [0.717, 1.165) is 6.42 Å². The Morgan fingerprint density at radius 2 is 2.30 bits per heavy atom. The summed E-state index contributed by atoms with van der Waals surface area (Å²) in [5, 5.41) is 10.4. The van der Waals surface area contributed by atoms with Gasteiger partial charge in [0.15, 0.2) is 0 Å². The predicted octanol–water partition coefficient (Wildman–Crippen LogP) is 0.558. The summed E-state index contributed by atoms with van der Waals surface area (Å²) in [4.78, 5) is 0. The first-order chi connectivity index (χ1) is 4.72. The van der Waals surface area contributed by atoms with E-state index in [-0.39, 0.29) is 0 Å². The fourth-order valence-electron chi connectivity index (χ4n) is 0.585. The van der Waals surface area contributed by atoms with Gasteiger partial charge < -0.3 is 11.1 Å². The van der Waals surface area contributed by atoms with Crippen LogP contribution in [0.3, 0.4) is 0 Å². The van der Waals surface area contributed by atoms with Crippen molar-refractivity contribution in [2.75, 3.05) is 13.1 Å². The van der Waals surface area contributed by atoms with Crippen molar-refractivity contribution in [3.05, 3.63) is 0 Å². The van der Waals surface area contributed by atoms with Gasteiger partial charge in [-0.25, -0.2) is 0 Å². The molecule has 3 heteroatoms. The molecule has 0 aliphatic carbocycles. The first-order valence-electron chi connectivity index (χ1n) is 3.74. The van der Waals surface area contributed by atoms with Gasteiger partial charge in [-0.2, -0.15) is 0 Å². The number of amidine groups is 1. The van der Waals surface area contributed by atoms with E-state index in [4.69, 9.17) is 11.1 Å². The number of hydrogen-bond acceptors (Lipinski definition) is 2. The average Bonchev–Trinajstić information content (AvgIpc) is 1.98. The smallest absolute Gasteiger partial charge is 0.0960 e. The Balaban J connectivity index is 3.42. The minimum Gasteiger partial charge on any atom is -0.373 e. The molecular weight excluding hydrogens is 126 g/mol. The van der Waals surface area contributed by atoms with Crippen LogP contribution in [0.4, 0.5) is 0 Å². The molecular formula is C7H17N3. The highest BCUT2D eigenvalue weighted by Gasteiger charge is 2.03. The molecule has 4 N–H and O–H groups in total. The Hall–Kier alpha value is -0.570. The molecule has 0 aromatic heterocycles. The van der Waals surface area contributed by atoms with Gasteiger partial charge in [0, 0.05) is 19.0 Å². The van der Waals surface area contributed by atoms with Crippen LogP contribution in [0, 0.1) is 11.3 Å². The second kappa shape index (κ2) is 5.23. The number of hydrogen-bond donors (Lipinski definition) is 3. The monoisotopic (exact) mass is 143 g/mol. The second-order valence-corrected chi connectivity index (χ2v) is 2.44. The summed E-state index contributed by atoms with van der Waals surface area (Å²) in [6.07, 6.45) is 1.01. The number of rotatable bonds is 4. The highest BCUT2D eigenvalue weighted by Crippen LogP contribution is 1.98. The van der Waals surface area contributed by atoms with Crippen LogP contribution >= 0.6 is 0 Å². The van der Waals surface area contributed by atoms with E-state index in [9.17, 15) is 0 Å². The summed E-state index contributed by atoms with van der Waals surface area (Å²) in [5.74, 6) is 0.944. The molecule has 0 radical (unpaired) electrons. The molecule has 0 bridgehead atoms. The van der Waals surface area contributed by atoms with Crippen molar-refractivity contribution in [3.63, 3.8) is 0 Å². The van der Waals surface area contributed by atoms with Crippen molar-refractivity contribution >= 4 is 5.84 Å². The molecule has 0 saturated heterocycles. The topological polar surface area (TPSA) is 61.9 Å². The quantitative estimate of drug-likeness (QED) is 0.398. The zero-order valence-corrected chi connectivity index (χ0v) is 6.78. The van der Waals surface area contributed by atoms with E-state index in [1.807, 2.05) is 6.92 Å². The summed E-state index contributed by atoms with van der Waals surface area (Å²) in [5.41, 5.74) is 5.26. The molecule has 1 atom stereocenters. The molecule has 0 aliphatic rings. The highest BCUT2D eigenvalue weighted by atomic mass is 14.9. The van der Waals surface area contributed by atoms with Gasteiger partial charge in [-0.05, 0) is 6.42 Å². The normalized spacial score (nSPS) is 12.7. The van der Waals surface area contributed by atoms with E-state index in [1.165, 1.54) is 0 Å². The third-order valence-corrected chi connectivity index (χ3v) is 1.56. The molecule has 1 unspecified atom stereocenters. The second-order valence-electron chi connectivity index (χ2n) is 2.44. The third kappa shape index (κ3) is 3.45. The summed E-state index contributed by atoms with van der Waals surface area (Å²) < 4.78 is 0. The lowest BCUT2D eigenvalue weighted by Gasteiger charge is -2.11. The van der Waals surface area contributed by atoms with Crippen LogP contribution < -0.4 is 11.1 Å². The summed E-state index contributed by atoms with van der Waals surface area (Å²) >= 11 is 0. The van der Waals surface area contributed by atoms with Gasteiger partial charge in [0.2, 0.25) is 0 Å². The van der Waals surface area contributed by atoms with Gasteiger partial charge in [-0.1, -0.05) is 13.8 Å². The number of nitrogens with one attached hydrogen (secondary N) is 2. The van der Waals surface area contributed by atoms with Crippen LogP contribution in [-0.2, 0) is 0 Å². The molecule has 0 spiro atoms. The Bertz CT molecular complexity index is 101. The average molecular weight is 143 g/mol.